The topological polar surface area (TPSA) is 29.3 Å². The van der Waals surface area contributed by atoms with Crippen LogP contribution >= 0.6 is 0 Å². The van der Waals surface area contributed by atoms with E-state index >= 15 is 0 Å². The van der Waals surface area contributed by atoms with E-state index in [0.29, 0.717) is 6.04 Å². The Labute approximate surface area is 110 Å². The zero-order valence-electron chi connectivity index (χ0n) is 11.1. The minimum Gasteiger partial charge on any atom is -0.367 e. The Morgan fingerprint density at radius 1 is 1.17 bits per heavy atom. The molecule has 1 aliphatic carbocycles. The standard InChI is InChI=1S/C16H24N2/c17-12-16(14-7-1-2-8-14)18-11-5-9-13-6-3-4-10-15(13)18/h3-4,6,10,14,16H,1-2,5,7-9,11-12,17H2. The Morgan fingerprint density at radius 3 is 2.72 bits per heavy atom. The maximum atomic E-state index is 6.10. The van der Waals surface area contributed by atoms with Gasteiger partial charge in [-0.05, 0) is 43.2 Å². The molecule has 1 fully saturated rings. The quantitative estimate of drug-likeness (QED) is 0.885. The molecule has 0 spiro atoms. The zero-order valence-corrected chi connectivity index (χ0v) is 11.1. The summed E-state index contributed by atoms with van der Waals surface area (Å²) in [4.78, 5) is 2.61. The molecule has 0 bridgehead atoms. The lowest BCUT2D eigenvalue weighted by molar-refractivity contribution is 0.401. The highest BCUT2D eigenvalue weighted by Crippen LogP contribution is 2.35. The summed E-state index contributed by atoms with van der Waals surface area (Å²) >= 11 is 0. The van der Waals surface area contributed by atoms with E-state index < -0.39 is 0 Å². The van der Waals surface area contributed by atoms with Crippen LogP contribution < -0.4 is 10.6 Å². The number of aryl methyl sites for hydroxylation is 1. The molecular formula is C16H24N2. The second-order valence-corrected chi connectivity index (χ2v) is 5.77. The monoisotopic (exact) mass is 244 g/mol. The van der Waals surface area contributed by atoms with Crippen molar-refractivity contribution in [2.45, 2.75) is 44.6 Å². The molecule has 0 amide bonds. The highest BCUT2D eigenvalue weighted by Gasteiger charge is 2.31. The minimum atomic E-state index is 0.564. The smallest absolute Gasteiger partial charge is 0.0440 e. The van der Waals surface area contributed by atoms with E-state index in [0.717, 1.165) is 12.5 Å². The Kier molecular flexibility index (Phi) is 3.55. The average Bonchev–Trinajstić information content (AvgIpc) is 2.94. The fourth-order valence-corrected chi connectivity index (χ4v) is 3.82. The third-order valence-corrected chi connectivity index (χ3v) is 4.73. The number of nitrogens with two attached hydrogens (primary N) is 1. The molecule has 1 heterocycles. The normalized spacial score (nSPS) is 21.9. The molecule has 3 rings (SSSR count). The highest BCUT2D eigenvalue weighted by atomic mass is 15.2. The van der Waals surface area contributed by atoms with Crippen molar-refractivity contribution in [3.63, 3.8) is 0 Å². The predicted octanol–water partition coefficient (Wildman–Crippen LogP) is 2.96. The van der Waals surface area contributed by atoms with Gasteiger partial charge in [-0.25, -0.2) is 0 Å². The molecule has 1 atom stereocenters. The van der Waals surface area contributed by atoms with Gasteiger partial charge in [-0.1, -0.05) is 31.0 Å². The van der Waals surface area contributed by atoms with Crippen molar-refractivity contribution < 1.29 is 0 Å². The van der Waals surface area contributed by atoms with Crippen LogP contribution in [0.4, 0.5) is 5.69 Å². The number of fused-ring (bicyclic) bond motifs is 1. The molecule has 2 N–H and O–H groups in total. The van der Waals surface area contributed by atoms with Crippen LogP contribution in [0.5, 0.6) is 0 Å². The number of hydrogen-bond donors (Lipinski definition) is 1. The van der Waals surface area contributed by atoms with Crippen molar-refractivity contribution in [2.75, 3.05) is 18.0 Å². The van der Waals surface area contributed by atoms with Crippen molar-refractivity contribution in [2.24, 2.45) is 11.7 Å². The summed E-state index contributed by atoms with van der Waals surface area (Å²) in [6.45, 7) is 1.99. The van der Waals surface area contributed by atoms with Gasteiger partial charge in [0.15, 0.2) is 0 Å². The van der Waals surface area contributed by atoms with Crippen LogP contribution in [0.2, 0.25) is 0 Å². The lowest BCUT2D eigenvalue weighted by Crippen LogP contribution is -2.47. The van der Waals surface area contributed by atoms with Crippen LogP contribution in [0.3, 0.4) is 0 Å². The molecule has 2 aliphatic rings. The Bertz CT molecular complexity index is 396. The molecule has 2 nitrogen and oxygen atoms in total. The molecule has 0 saturated heterocycles. The molecular weight excluding hydrogens is 220 g/mol. The lowest BCUT2D eigenvalue weighted by atomic mass is 9.92. The summed E-state index contributed by atoms with van der Waals surface area (Å²) in [6, 6.07) is 9.46. The van der Waals surface area contributed by atoms with Gasteiger partial charge in [0.1, 0.15) is 0 Å². The van der Waals surface area contributed by atoms with Crippen LogP contribution in [0.25, 0.3) is 0 Å². The molecule has 0 aromatic heterocycles. The fraction of sp³-hybridized carbons (Fsp3) is 0.625. The number of benzene rings is 1. The van der Waals surface area contributed by atoms with Crippen LogP contribution in [0.15, 0.2) is 24.3 Å². The van der Waals surface area contributed by atoms with E-state index in [2.05, 4.69) is 29.2 Å². The molecule has 98 valence electrons. The SMILES string of the molecule is NCC(C1CCCC1)N1CCCc2ccccc21. The van der Waals surface area contributed by atoms with E-state index in [1.165, 1.54) is 56.3 Å². The van der Waals surface area contributed by atoms with Gasteiger partial charge in [-0.3, -0.25) is 0 Å². The van der Waals surface area contributed by atoms with Crippen molar-refractivity contribution in [1.82, 2.24) is 0 Å². The van der Waals surface area contributed by atoms with E-state index in [1.54, 1.807) is 0 Å². The Balaban J connectivity index is 1.87. The zero-order chi connectivity index (χ0) is 12.4. The maximum absolute atomic E-state index is 6.10. The summed E-state index contributed by atoms with van der Waals surface area (Å²) in [5, 5.41) is 0. The Morgan fingerprint density at radius 2 is 1.94 bits per heavy atom. The van der Waals surface area contributed by atoms with Crippen LogP contribution in [-0.4, -0.2) is 19.1 Å². The third-order valence-electron chi connectivity index (χ3n) is 4.73. The summed E-state index contributed by atoms with van der Waals surface area (Å²) < 4.78 is 0. The summed E-state index contributed by atoms with van der Waals surface area (Å²) in [6.07, 6.45) is 8.06. The van der Waals surface area contributed by atoms with E-state index in [4.69, 9.17) is 5.73 Å². The van der Waals surface area contributed by atoms with E-state index in [9.17, 15) is 0 Å². The third kappa shape index (κ3) is 2.14. The number of nitrogens with zero attached hydrogens (tertiary/aromatic N) is 1. The maximum Gasteiger partial charge on any atom is 0.0440 e. The molecule has 1 aliphatic heterocycles. The van der Waals surface area contributed by atoms with Crippen molar-refractivity contribution >= 4 is 5.69 Å². The van der Waals surface area contributed by atoms with Crippen LogP contribution in [0.1, 0.15) is 37.7 Å². The lowest BCUT2D eigenvalue weighted by Gasteiger charge is -2.40. The van der Waals surface area contributed by atoms with Gasteiger partial charge in [-0.15, -0.1) is 0 Å². The van der Waals surface area contributed by atoms with Crippen LogP contribution in [0, 0.1) is 5.92 Å². The van der Waals surface area contributed by atoms with Gasteiger partial charge < -0.3 is 10.6 Å². The molecule has 18 heavy (non-hydrogen) atoms. The number of anilines is 1. The summed E-state index contributed by atoms with van der Waals surface area (Å²) in [7, 11) is 0. The number of rotatable bonds is 3. The first-order valence-corrected chi connectivity index (χ1v) is 7.45. The number of hydrogen-bond acceptors (Lipinski definition) is 2. The fourth-order valence-electron chi connectivity index (χ4n) is 3.82. The van der Waals surface area contributed by atoms with Gasteiger partial charge in [0.05, 0.1) is 0 Å². The van der Waals surface area contributed by atoms with Gasteiger partial charge in [0.25, 0.3) is 0 Å². The second kappa shape index (κ2) is 5.31. The van der Waals surface area contributed by atoms with E-state index in [-0.39, 0.29) is 0 Å². The molecule has 1 aromatic carbocycles. The van der Waals surface area contributed by atoms with Gasteiger partial charge in [-0.2, -0.15) is 0 Å². The number of para-hydroxylation sites is 1. The van der Waals surface area contributed by atoms with Crippen molar-refractivity contribution in [3.05, 3.63) is 29.8 Å². The second-order valence-electron chi connectivity index (χ2n) is 5.77. The molecule has 0 radical (unpaired) electrons. The van der Waals surface area contributed by atoms with Crippen molar-refractivity contribution in [1.29, 1.82) is 0 Å². The van der Waals surface area contributed by atoms with E-state index in [1.807, 2.05) is 0 Å². The van der Waals surface area contributed by atoms with Crippen LogP contribution in [-0.2, 0) is 6.42 Å². The summed E-state index contributed by atoms with van der Waals surface area (Å²) in [5.74, 6) is 0.821. The van der Waals surface area contributed by atoms with Crippen molar-refractivity contribution in [3.8, 4) is 0 Å². The molecule has 1 unspecified atom stereocenters. The summed E-state index contributed by atoms with van der Waals surface area (Å²) in [5.41, 5.74) is 9.06. The van der Waals surface area contributed by atoms with Gasteiger partial charge in [0.2, 0.25) is 0 Å². The average molecular weight is 244 g/mol. The molecule has 2 heteroatoms. The van der Waals surface area contributed by atoms with Gasteiger partial charge >= 0.3 is 0 Å². The first kappa shape index (κ1) is 12.0. The van der Waals surface area contributed by atoms with Gasteiger partial charge in [0, 0.05) is 24.8 Å². The predicted molar refractivity (Wildman–Crippen MR) is 76.9 cm³/mol. The molecule has 1 aromatic rings. The first-order valence-electron chi connectivity index (χ1n) is 7.45. The Hall–Kier alpha value is -1.02. The highest BCUT2D eigenvalue weighted by molar-refractivity contribution is 5.56. The first-order chi connectivity index (χ1) is 8.90. The largest absolute Gasteiger partial charge is 0.367 e. The molecule has 1 saturated carbocycles. The minimum absolute atomic E-state index is 0.564.